The summed E-state index contributed by atoms with van der Waals surface area (Å²) < 4.78 is 0. The van der Waals surface area contributed by atoms with Crippen molar-refractivity contribution in [3.8, 4) is 0 Å². The number of hydrogen-bond acceptors (Lipinski definition) is 3. The van der Waals surface area contributed by atoms with Gasteiger partial charge in [-0.3, -0.25) is 9.59 Å². The van der Waals surface area contributed by atoms with Crippen LogP contribution in [0.4, 0.5) is 5.69 Å². The Bertz CT molecular complexity index is 1430. The van der Waals surface area contributed by atoms with Crippen LogP contribution in [0.25, 0.3) is 6.08 Å². The summed E-state index contributed by atoms with van der Waals surface area (Å²) in [6, 6.07) is 33.3. The Morgan fingerprint density at radius 2 is 1.56 bits per heavy atom. The van der Waals surface area contributed by atoms with E-state index < -0.39 is 0 Å². The van der Waals surface area contributed by atoms with Crippen molar-refractivity contribution in [2.24, 2.45) is 0 Å². The number of amides is 2. The molecule has 4 aromatic rings. The second-order valence-corrected chi connectivity index (χ2v) is 9.77. The maximum atomic E-state index is 13.6. The molecule has 0 aliphatic carbocycles. The third-order valence-electron chi connectivity index (χ3n) is 6.19. The van der Waals surface area contributed by atoms with Crippen LogP contribution in [0, 0.1) is 6.92 Å². The van der Waals surface area contributed by atoms with Crippen LogP contribution < -0.4 is 10.2 Å². The summed E-state index contributed by atoms with van der Waals surface area (Å²) in [5.74, 6) is -0.147. The molecule has 0 saturated heterocycles. The van der Waals surface area contributed by atoms with Gasteiger partial charge in [-0.1, -0.05) is 90.6 Å². The lowest BCUT2D eigenvalue weighted by atomic mass is 10.1. The fourth-order valence-electron chi connectivity index (χ4n) is 4.14. The van der Waals surface area contributed by atoms with Gasteiger partial charge in [0, 0.05) is 17.0 Å². The first-order valence-corrected chi connectivity index (χ1v) is 12.7. The number of rotatable bonds is 6. The molecule has 0 radical (unpaired) electrons. The lowest BCUT2D eigenvalue weighted by Crippen LogP contribution is -2.33. The molecule has 36 heavy (non-hydrogen) atoms. The highest BCUT2D eigenvalue weighted by Crippen LogP contribution is 2.42. The third kappa shape index (κ3) is 5.26. The smallest absolute Gasteiger partial charge is 0.265 e. The minimum Gasteiger partial charge on any atom is -0.348 e. The summed E-state index contributed by atoms with van der Waals surface area (Å²) in [4.78, 5) is 29.7. The summed E-state index contributed by atoms with van der Waals surface area (Å²) in [6.07, 6.45) is 1.90. The molecule has 1 N–H and O–H groups in total. The Balaban J connectivity index is 1.35. The average molecular weight is 491 g/mol. The Morgan fingerprint density at radius 1 is 0.861 bits per heavy atom. The first kappa shape index (κ1) is 23.6. The van der Waals surface area contributed by atoms with Crippen molar-refractivity contribution in [1.29, 1.82) is 0 Å². The molecule has 5 heteroatoms. The van der Waals surface area contributed by atoms with Crippen molar-refractivity contribution in [1.82, 2.24) is 5.32 Å². The molecule has 0 spiro atoms. The first-order valence-electron chi connectivity index (χ1n) is 11.9. The van der Waals surface area contributed by atoms with E-state index in [0.717, 1.165) is 32.8 Å². The largest absolute Gasteiger partial charge is 0.348 e. The van der Waals surface area contributed by atoms with Crippen LogP contribution in [0.15, 0.2) is 113 Å². The number of para-hydroxylation sites is 1. The normalized spacial score (nSPS) is 14.0. The molecular formula is C31H26N2O2S. The highest BCUT2D eigenvalue weighted by atomic mass is 32.2. The molecule has 0 bridgehead atoms. The standard InChI is InChI=1S/C31H26N2O2S/c1-22-9-5-6-12-26(22)21-33-27-13-7-8-14-28(27)36-29(31(33)35)19-23-15-17-25(18-16-23)30(34)32-20-24-10-3-2-4-11-24/h2-19H,20-21H2,1H3,(H,32,34)/b29-19+. The minimum absolute atomic E-state index is 0.0216. The number of thioether (sulfide) groups is 1. The number of fused-ring (bicyclic) bond motifs is 1. The van der Waals surface area contributed by atoms with E-state index in [4.69, 9.17) is 0 Å². The molecule has 178 valence electrons. The summed E-state index contributed by atoms with van der Waals surface area (Å²) in [5, 5.41) is 2.95. The van der Waals surface area contributed by atoms with Gasteiger partial charge in [0.15, 0.2) is 0 Å². The fraction of sp³-hybridized carbons (Fsp3) is 0.0968. The van der Waals surface area contributed by atoms with E-state index in [0.29, 0.717) is 23.6 Å². The number of carbonyl (C=O) groups excluding carboxylic acids is 2. The second-order valence-electron chi connectivity index (χ2n) is 8.69. The highest BCUT2D eigenvalue weighted by Gasteiger charge is 2.29. The Kier molecular flexibility index (Phi) is 7.01. The van der Waals surface area contributed by atoms with Crippen molar-refractivity contribution < 1.29 is 9.59 Å². The van der Waals surface area contributed by atoms with Gasteiger partial charge in [0.25, 0.3) is 11.8 Å². The van der Waals surface area contributed by atoms with Gasteiger partial charge in [-0.15, -0.1) is 0 Å². The van der Waals surface area contributed by atoms with Gasteiger partial charge in [0.05, 0.1) is 17.1 Å². The van der Waals surface area contributed by atoms with E-state index in [1.165, 1.54) is 11.8 Å². The Hall–Kier alpha value is -4.09. The topological polar surface area (TPSA) is 49.4 Å². The van der Waals surface area contributed by atoms with Gasteiger partial charge < -0.3 is 10.2 Å². The lowest BCUT2D eigenvalue weighted by molar-refractivity contribution is -0.114. The van der Waals surface area contributed by atoms with Crippen LogP contribution in [0.3, 0.4) is 0 Å². The maximum Gasteiger partial charge on any atom is 0.265 e. The zero-order valence-electron chi connectivity index (χ0n) is 20.0. The predicted octanol–water partition coefficient (Wildman–Crippen LogP) is 6.61. The first-order chi connectivity index (χ1) is 17.6. The molecule has 4 aromatic carbocycles. The number of aryl methyl sites for hydroxylation is 1. The molecule has 1 aliphatic heterocycles. The molecule has 0 atom stereocenters. The van der Waals surface area contributed by atoms with Gasteiger partial charge in [-0.25, -0.2) is 0 Å². The van der Waals surface area contributed by atoms with E-state index in [1.807, 2.05) is 89.8 Å². The summed E-state index contributed by atoms with van der Waals surface area (Å²) in [5.41, 5.74) is 5.72. The monoisotopic (exact) mass is 490 g/mol. The van der Waals surface area contributed by atoms with E-state index in [1.54, 1.807) is 12.1 Å². The zero-order valence-corrected chi connectivity index (χ0v) is 20.8. The minimum atomic E-state index is -0.125. The maximum absolute atomic E-state index is 13.6. The van der Waals surface area contributed by atoms with Crippen molar-refractivity contribution in [2.45, 2.75) is 24.9 Å². The molecule has 0 aromatic heterocycles. The van der Waals surface area contributed by atoms with Crippen LogP contribution in [-0.4, -0.2) is 11.8 Å². The number of nitrogens with zero attached hydrogens (tertiary/aromatic N) is 1. The second kappa shape index (κ2) is 10.7. The predicted molar refractivity (Wildman–Crippen MR) is 147 cm³/mol. The Labute approximate surface area is 215 Å². The van der Waals surface area contributed by atoms with E-state index in [2.05, 4.69) is 24.4 Å². The SMILES string of the molecule is Cc1ccccc1CN1C(=O)/C(=C\c2ccc(C(=O)NCc3ccccc3)cc2)Sc2ccccc21. The van der Waals surface area contributed by atoms with Crippen molar-refractivity contribution in [2.75, 3.05) is 4.90 Å². The number of benzene rings is 4. The molecule has 1 aliphatic rings. The van der Waals surface area contributed by atoms with Crippen LogP contribution >= 0.6 is 11.8 Å². The molecule has 0 unspecified atom stereocenters. The molecule has 0 saturated carbocycles. The lowest BCUT2D eigenvalue weighted by Gasteiger charge is -2.31. The number of carbonyl (C=O) groups is 2. The van der Waals surface area contributed by atoms with E-state index in [-0.39, 0.29) is 11.8 Å². The summed E-state index contributed by atoms with van der Waals surface area (Å²) in [7, 11) is 0. The van der Waals surface area contributed by atoms with Gasteiger partial charge in [0.2, 0.25) is 0 Å². The summed E-state index contributed by atoms with van der Waals surface area (Å²) >= 11 is 1.49. The van der Waals surface area contributed by atoms with Gasteiger partial charge in [0.1, 0.15) is 0 Å². The van der Waals surface area contributed by atoms with Gasteiger partial charge in [-0.05, 0) is 59.5 Å². The fourth-order valence-corrected chi connectivity index (χ4v) is 5.20. The molecule has 5 rings (SSSR count). The number of hydrogen-bond donors (Lipinski definition) is 1. The third-order valence-corrected chi connectivity index (χ3v) is 7.27. The van der Waals surface area contributed by atoms with Crippen molar-refractivity contribution in [3.05, 3.63) is 136 Å². The molecule has 1 heterocycles. The summed E-state index contributed by atoms with van der Waals surface area (Å²) in [6.45, 7) is 3.06. The van der Waals surface area contributed by atoms with Gasteiger partial charge in [-0.2, -0.15) is 0 Å². The van der Waals surface area contributed by atoms with E-state index >= 15 is 0 Å². The Morgan fingerprint density at radius 3 is 2.33 bits per heavy atom. The molecule has 2 amide bonds. The van der Waals surface area contributed by atoms with Crippen molar-refractivity contribution in [3.63, 3.8) is 0 Å². The molecular weight excluding hydrogens is 464 g/mol. The quantitative estimate of drug-likeness (QED) is 0.310. The van der Waals surface area contributed by atoms with Crippen LogP contribution in [0.1, 0.15) is 32.6 Å². The van der Waals surface area contributed by atoms with Gasteiger partial charge >= 0.3 is 0 Å². The number of nitrogens with one attached hydrogen (secondary N) is 1. The highest BCUT2D eigenvalue weighted by molar-refractivity contribution is 8.04. The number of anilines is 1. The van der Waals surface area contributed by atoms with E-state index in [9.17, 15) is 9.59 Å². The van der Waals surface area contributed by atoms with Crippen LogP contribution in [-0.2, 0) is 17.9 Å². The zero-order chi connectivity index (χ0) is 24.9. The van der Waals surface area contributed by atoms with Crippen LogP contribution in [0.5, 0.6) is 0 Å². The van der Waals surface area contributed by atoms with Crippen molar-refractivity contribution >= 4 is 35.3 Å². The average Bonchev–Trinajstić information content (AvgIpc) is 2.91. The molecule has 0 fully saturated rings. The molecule has 4 nitrogen and oxygen atoms in total. The van der Waals surface area contributed by atoms with Crippen LogP contribution in [0.2, 0.25) is 0 Å².